The van der Waals surface area contributed by atoms with Crippen molar-refractivity contribution in [1.29, 1.82) is 0 Å². The van der Waals surface area contributed by atoms with Crippen LogP contribution in [0, 0.1) is 0 Å². The molecular weight excluding hydrogens is 297 g/mol. The molecule has 1 fully saturated rings. The maximum atomic E-state index is 12.9. The molecule has 1 atom stereocenters. The molecular formula is C15H19F3N2O2. The van der Waals surface area contributed by atoms with E-state index in [0.29, 0.717) is 37.5 Å². The number of nitrogens with zero attached hydrogens (tertiary/aromatic N) is 1. The van der Waals surface area contributed by atoms with Crippen LogP contribution in [0.2, 0.25) is 0 Å². The van der Waals surface area contributed by atoms with Crippen molar-refractivity contribution >= 4 is 5.97 Å². The average Bonchev–Trinajstić information content (AvgIpc) is 2.45. The number of carbonyl (C=O) groups is 1. The quantitative estimate of drug-likeness (QED) is 0.684. The van der Waals surface area contributed by atoms with Crippen molar-refractivity contribution in [2.45, 2.75) is 25.6 Å². The van der Waals surface area contributed by atoms with Crippen LogP contribution in [0.25, 0.3) is 0 Å². The summed E-state index contributed by atoms with van der Waals surface area (Å²) in [6.07, 6.45) is -5.12. The molecule has 1 saturated heterocycles. The first kappa shape index (κ1) is 16.8. The molecule has 0 radical (unpaired) electrons. The number of piperazine rings is 1. The molecule has 0 saturated carbocycles. The van der Waals surface area contributed by atoms with Crippen molar-refractivity contribution < 1.29 is 22.7 Å². The van der Waals surface area contributed by atoms with Crippen LogP contribution in [0.5, 0.6) is 5.75 Å². The van der Waals surface area contributed by atoms with Gasteiger partial charge in [0.2, 0.25) is 0 Å². The Kier molecular flexibility index (Phi) is 5.42. The van der Waals surface area contributed by atoms with E-state index in [1.165, 1.54) is 19.1 Å². The molecule has 122 valence electrons. The number of benzene rings is 1. The van der Waals surface area contributed by atoms with E-state index in [1.807, 2.05) is 4.90 Å². The van der Waals surface area contributed by atoms with Crippen molar-refractivity contribution in [3.63, 3.8) is 0 Å². The molecule has 1 aromatic rings. The highest BCUT2D eigenvalue weighted by atomic mass is 19.4. The van der Waals surface area contributed by atoms with Crippen molar-refractivity contribution in [2.75, 3.05) is 26.2 Å². The molecule has 2 rings (SSSR count). The van der Waals surface area contributed by atoms with Crippen LogP contribution in [-0.2, 0) is 4.79 Å². The number of hydrogen-bond acceptors (Lipinski definition) is 4. The molecule has 0 spiro atoms. The summed E-state index contributed by atoms with van der Waals surface area (Å²) in [6, 6.07) is 5.53. The lowest BCUT2D eigenvalue weighted by Gasteiger charge is -2.35. The van der Waals surface area contributed by atoms with Gasteiger partial charge in [-0.2, -0.15) is 13.2 Å². The zero-order chi connectivity index (χ0) is 16.2. The zero-order valence-electron chi connectivity index (χ0n) is 12.3. The largest absolute Gasteiger partial charge is 0.427 e. The summed E-state index contributed by atoms with van der Waals surface area (Å²) < 4.78 is 43.6. The third-order valence-corrected chi connectivity index (χ3v) is 3.54. The summed E-state index contributed by atoms with van der Waals surface area (Å²) in [6.45, 7) is 3.79. The first-order valence-corrected chi connectivity index (χ1v) is 7.15. The van der Waals surface area contributed by atoms with Crippen LogP contribution in [-0.4, -0.2) is 43.2 Å². The van der Waals surface area contributed by atoms with Crippen LogP contribution in [0.1, 0.15) is 24.9 Å². The molecule has 0 aromatic heterocycles. The first-order valence-electron chi connectivity index (χ1n) is 7.15. The SMILES string of the molecule is CC(=O)Oc1ccc([C@H](CC(F)(F)F)N2CCNCC2)cc1. The van der Waals surface area contributed by atoms with Gasteiger partial charge < -0.3 is 10.1 Å². The van der Waals surface area contributed by atoms with Gasteiger partial charge in [0.25, 0.3) is 0 Å². The second-order valence-corrected chi connectivity index (χ2v) is 5.28. The van der Waals surface area contributed by atoms with Crippen molar-refractivity contribution in [3.8, 4) is 5.75 Å². The first-order chi connectivity index (χ1) is 10.3. The highest BCUT2D eigenvalue weighted by Gasteiger charge is 2.35. The molecule has 7 heteroatoms. The minimum absolute atomic E-state index is 0.335. The molecule has 22 heavy (non-hydrogen) atoms. The Hall–Kier alpha value is -1.60. The number of esters is 1. The molecule has 0 aliphatic carbocycles. The van der Waals surface area contributed by atoms with E-state index in [2.05, 4.69) is 5.32 Å². The van der Waals surface area contributed by atoms with Crippen molar-refractivity contribution in [2.24, 2.45) is 0 Å². The lowest BCUT2D eigenvalue weighted by Crippen LogP contribution is -2.46. The maximum absolute atomic E-state index is 12.9. The van der Waals surface area contributed by atoms with Gasteiger partial charge in [-0.25, -0.2) is 0 Å². The van der Waals surface area contributed by atoms with Gasteiger partial charge in [-0.1, -0.05) is 12.1 Å². The maximum Gasteiger partial charge on any atom is 0.390 e. The van der Waals surface area contributed by atoms with E-state index in [0.717, 1.165) is 0 Å². The predicted octanol–water partition coefficient (Wildman–Crippen LogP) is 2.51. The average molecular weight is 316 g/mol. The van der Waals surface area contributed by atoms with Gasteiger partial charge in [0.05, 0.1) is 6.42 Å². The number of hydrogen-bond donors (Lipinski definition) is 1. The van der Waals surface area contributed by atoms with Crippen LogP contribution >= 0.6 is 0 Å². The zero-order valence-corrected chi connectivity index (χ0v) is 12.3. The van der Waals surface area contributed by atoms with E-state index < -0.39 is 24.6 Å². The van der Waals surface area contributed by atoms with Crippen LogP contribution < -0.4 is 10.1 Å². The van der Waals surface area contributed by atoms with E-state index in [4.69, 9.17) is 4.74 Å². The second-order valence-electron chi connectivity index (χ2n) is 5.28. The summed E-state index contributed by atoms with van der Waals surface area (Å²) in [5.41, 5.74) is 0.579. The standard InChI is InChI=1S/C15H19F3N2O2/c1-11(21)22-13-4-2-12(3-5-13)14(10-15(16,17)18)20-8-6-19-7-9-20/h2-5,14,19H,6-10H2,1H3/t14-/m0/s1. The molecule has 0 unspecified atom stereocenters. The smallest absolute Gasteiger partial charge is 0.390 e. The van der Waals surface area contributed by atoms with Gasteiger partial charge in [0.15, 0.2) is 0 Å². The third-order valence-electron chi connectivity index (χ3n) is 3.54. The number of halogens is 3. The minimum Gasteiger partial charge on any atom is -0.427 e. The summed E-state index contributed by atoms with van der Waals surface area (Å²) in [4.78, 5) is 12.7. The fraction of sp³-hybridized carbons (Fsp3) is 0.533. The normalized spacial score (nSPS) is 18.0. The number of alkyl halides is 3. The molecule has 1 aliphatic heterocycles. The van der Waals surface area contributed by atoms with E-state index >= 15 is 0 Å². The monoisotopic (exact) mass is 316 g/mol. The van der Waals surface area contributed by atoms with Crippen LogP contribution in [0.4, 0.5) is 13.2 Å². The molecule has 4 nitrogen and oxygen atoms in total. The summed E-state index contributed by atoms with van der Waals surface area (Å²) >= 11 is 0. The van der Waals surface area contributed by atoms with E-state index in [-0.39, 0.29) is 0 Å². The van der Waals surface area contributed by atoms with Gasteiger partial charge in [0.1, 0.15) is 5.75 Å². The van der Waals surface area contributed by atoms with Crippen LogP contribution in [0.15, 0.2) is 24.3 Å². The Labute approximate surface area is 127 Å². The molecule has 0 amide bonds. The lowest BCUT2D eigenvalue weighted by atomic mass is 10.0. The fourth-order valence-corrected chi connectivity index (χ4v) is 2.59. The topological polar surface area (TPSA) is 41.6 Å². The number of ether oxygens (including phenoxy) is 1. The Morgan fingerprint density at radius 2 is 1.86 bits per heavy atom. The van der Waals surface area contributed by atoms with Gasteiger partial charge >= 0.3 is 12.1 Å². The van der Waals surface area contributed by atoms with Gasteiger partial charge in [0, 0.05) is 39.1 Å². The highest BCUT2D eigenvalue weighted by molar-refractivity contribution is 5.69. The Morgan fingerprint density at radius 3 is 2.36 bits per heavy atom. The van der Waals surface area contributed by atoms with Gasteiger partial charge in [-0.05, 0) is 17.7 Å². The molecule has 1 heterocycles. The summed E-state index contributed by atoms with van der Waals surface area (Å²) in [7, 11) is 0. The molecule has 1 N–H and O–H groups in total. The Morgan fingerprint density at radius 1 is 1.27 bits per heavy atom. The summed E-state index contributed by atoms with van der Waals surface area (Å²) in [5, 5.41) is 3.13. The Bertz CT molecular complexity index is 497. The number of rotatable bonds is 4. The van der Waals surface area contributed by atoms with Crippen molar-refractivity contribution in [1.82, 2.24) is 10.2 Å². The van der Waals surface area contributed by atoms with E-state index in [9.17, 15) is 18.0 Å². The minimum atomic E-state index is -4.23. The molecule has 0 bridgehead atoms. The Balaban J connectivity index is 2.17. The van der Waals surface area contributed by atoms with Crippen LogP contribution in [0.3, 0.4) is 0 Å². The number of carbonyl (C=O) groups excluding carboxylic acids is 1. The molecule has 1 aromatic carbocycles. The second kappa shape index (κ2) is 7.11. The number of nitrogens with one attached hydrogen (secondary N) is 1. The molecule has 1 aliphatic rings. The highest BCUT2D eigenvalue weighted by Crippen LogP contribution is 2.34. The van der Waals surface area contributed by atoms with Crippen molar-refractivity contribution in [3.05, 3.63) is 29.8 Å². The van der Waals surface area contributed by atoms with Gasteiger partial charge in [-0.15, -0.1) is 0 Å². The fourth-order valence-electron chi connectivity index (χ4n) is 2.59. The third kappa shape index (κ3) is 4.99. The predicted molar refractivity (Wildman–Crippen MR) is 75.6 cm³/mol. The summed E-state index contributed by atoms with van der Waals surface area (Å²) in [5.74, 6) is -0.121. The van der Waals surface area contributed by atoms with E-state index in [1.54, 1.807) is 12.1 Å². The van der Waals surface area contributed by atoms with Gasteiger partial charge in [-0.3, -0.25) is 9.69 Å². The lowest BCUT2D eigenvalue weighted by molar-refractivity contribution is -0.148.